The lowest BCUT2D eigenvalue weighted by atomic mass is 10.0. The van der Waals surface area contributed by atoms with E-state index in [1.54, 1.807) is 12.3 Å². The van der Waals surface area contributed by atoms with Crippen molar-refractivity contribution >= 4 is 46.5 Å². The highest BCUT2D eigenvalue weighted by atomic mass is 16.4. The number of aliphatic hydroxyl groups excluding tert-OH is 1. The summed E-state index contributed by atoms with van der Waals surface area (Å²) in [6.45, 7) is -0.982. The van der Waals surface area contributed by atoms with Crippen molar-refractivity contribution in [1.82, 2.24) is 20.9 Å². The number of aliphatic hydroxyl groups is 1. The molecule has 0 spiro atoms. The molecule has 15 nitrogen and oxygen atoms in total. The maximum absolute atomic E-state index is 12.8. The van der Waals surface area contributed by atoms with Gasteiger partial charge in [0.05, 0.1) is 25.5 Å². The van der Waals surface area contributed by atoms with Crippen LogP contribution in [0, 0.1) is 0 Å². The van der Waals surface area contributed by atoms with Crippen LogP contribution in [0.15, 0.2) is 30.5 Å². The molecule has 0 fully saturated rings. The Bertz CT molecular complexity index is 1180. The quantitative estimate of drug-likeness (QED) is 0.121. The van der Waals surface area contributed by atoms with E-state index in [1.807, 2.05) is 23.5 Å². The second-order valence-electron chi connectivity index (χ2n) is 8.14. The Morgan fingerprint density at radius 2 is 1.43 bits per heavy atom. The summed E-state index contributed by atoms with van der Waals surface area (Å²) in [6, 6.07) is 0.947. The predicted octanol–water partition coefficient (Wildman–Crippen LogP) is -3.08. The lowest BCUT2D eigenvalue weighted by Gasteiger charge is -2.23. The van der Waals surface area contributed by atoms with E-state index >= 15 is 0 Å². The number of carboxylic acid groups (broad SMARTS) is 2. The summed E-state index contributed by atoms with van der Waals surface area (Å²) >= 11 is 0. The third kappa shape index (κ3) is 8.29. The first-order chi connectivity index (χ1) is 17.4. The standard InChI is InChI=1S/C22H28N6O9/c23-12(5-10-8-25-13-4-2-1-3-11(10)13)19(33)26-15(7-18(31)32)21(35)27-14(6-17(24)30)20(34)28-16(9-29)22(36)37/h1-4,8,12,14-16,25,29H,5-7,9,23H2,(H2,24,30)(H,26,33)(H,27,35)(H,28,34)(H,31,32)(H,36,37). The van der Waals surface area contributed by atoms with Crippen LogP contribution in [0.5, 0.6) is 0 Å². The second kappa shape index (κ2) is 13.0. The maximum atomic E-state index is 12.8. The summed E-state index contributed by atoms with van der Waals surface area (Å²) < 4.78 is 0. The average Bonchev–Trinajstić information content (AvgIpc) is 3.23. The molecule has 0 aliphatic carbocycles. The molecule has 15 heteroatoms. The van der Waals surface area contributed by atoms with Gasteiger partial charge in [0.1, 0.15) is 18.1 Å². The van der Waals surface area contributed by atoms with Gasteiger partial charge in [0.25, 0.3) is 0 Å². The lowest BCUT2D eigenvalue weighted by molar-refractivity contribution is -0.144. The minimum atomic E-state index is -1.74. The van der Waals surface area contributed by atoms with Crippen LogP contribution in [0.25, 0.3) is 10.9 Å². The number of rotatable bonds is 14. The molecular weight excluding hydrogens is 492 g/mol. The van der Waals surface area contributed by atoms with Crippen molar-refractivity contribution < 1.29 is 44.1 Å². The number of aromatic nitrogens is 1. The number of carbonyl (C=O) groups is 6. The van der Waals surface area contributed by atoms with Crippen LogP contribution in [-0.2, 0) is 35.2 Å². The summed E-state index contributed by atoms with van der Waals surface area (Å²) in [5.41, 5.74) is 12.6. The molecule has 1 aromatic carbocycles. The number of para-hydroxylation sites is 1. The summed E-state index contributed by atoms with van der Waals surface area (Å²) in [5, 5.41) is 34.3. The number of nitrogens with one attached hydrogen (secondary N) is 4. The molecule has 0 aliphatic rings. The number of aromatic amines is 1. The fraction of sp³-hybridized carbons (Fsp3) is 0.364. The van der Waals surface area contributed by atoms with Crippen LogP contribution in [-0.4, -0.2) is 86.6 Å². The molecule has 0 radical (unpaired) electrons. The van der Waals surface area contributed by atoms with Gasteiger partial charge < -0.3 is 47.7 Å². The van der Waals surface area contributed by atoms with E-state index in [-0.39, 0.29) is 6.42 Å². The van der Waals surface area contributed by atoms with Gasteiger partial charge in [-0.1, -0.05) is 18.2 Å². The number of nitrogens with two attached hydrogens (primary N) is 2. The van der Waals surface area contributed by atoms with Crippen molar-refractivity contribution in [2.24, 2.45) is 11.5 Å². The number of benzene rings is 1. The molecule has 200 valence electrons. The largest absolute Gasteiger partial charge is 0.481 e. The number of carboxylic acids is 2. The first kappa shape index (κ1) is 28.7. The van der Waals surface area contributed by atoms with Crippen LogP contribution in [0.2, 0.25) is 0 Å². The van der Waals surface area contributed by atoms with Crippen LogP contribution < -0.4 is 27.4 Å². The maximum Gasteiger partial charge on any atom is 0.328 e. The van der Waals surface area contributed by atoms with E-state index in [2.05, 4.69) is 15.6 Å². The molecule has 1 aromatic heterocycles. The van der Waals surface area contributed by atoms with Gasteiger partial charge in [-0.05, 0) is 18.1 Å². The molecule has 0 saturated heterocycles. The minimum Gasteiger partial charge on any atom is -0.481 e. The van der Waals surface area contributed by atoms with E-state index < -0.39 is 79.2 Å². The van der Waals surface area contributed by atoms with E-state index in [1.165, 1.54) is 0 Å². The van der Waals surface area contributed by atoms with E-state index in [9.17, 15) is 33.9 Å². The van der Waals surface area contributed by atoms with Crippen molar-refractivity contribution in [3.05, 3.63) is 36.0 Å². The molecule has 11 N–H and O–H groups in total. The molecular formula is C22H28N6O9. The second-order valence-corrected chi connectivity index (χ2v) is 8.14. The first-order valence-electron chi connectivity index (χ1n) is 11.0. The van der Waals surface area contributed by atoms with E-state index in [4.69, 9.17) is 21.7 Å². The summed E-state index contributed by atoms with van der Waals surface area (Å²) in [6.07, 6.45) is 0.0601. The zero-order valence-electron chi connectivity index (χ0n) is 19.5. The van der Waals surface area contributed by atoms with Crippen molar-refractivity contribution in [3.8, 4) is 0 Å². The van der Waals surface area contributed by atoms with Gasteiger partial charge in [-0.3, -0.25) is 24.0 Å². The molecule has 4 unspecified atom stereocenters. The number of amides is 4. The highest BCUT2D eigenvalue weighted by molar-refractivity contribution is 5.97. The Morgan fingerprint density at radius 1 is 0.865 bits per heavy atom. The number of fused-ring (bicyclic) bond motifs is 1. The van der Waals surface area contributed by atoms with Crippen LogP contribution >= 0.6 is 0 Å². The number of primary amides is 1. The van der Waals surface area contributed by atoms with Crippen molar-refractivity contribution in [2.75, 3.05) is 6.61 Å². The fourth-order valence-electron chi connectivity index (χ4n) is 3.43. The summed E-state index contributed by atoms with van der Waals surface area (Å²) in [4.78, 5) is 74.7. The van der Waals surface area contributed by atoms with Gasteiger partial charge in [0.2, 0.25) is 23.6 Å². The number of hydrogen-bond donors (Lipinski definition) is 9. The minimum absolute atomic E-state index is 0.0572. The Hall–Kier alpha value is -4.50. The zero-order valence-corrected chi connectivity index (χ0v) is 19.5. The van der Waals surface area contributed by atoms with Gasteiger partial charge in [-0.15, -0.1) is 0 Å². The number of aliphatic carboxylic acids is 2. The van der Waals surface area contributed by atoms with Crippen LogP contribution in [0.1, 0.15) is 18.4 Å². The first-order valence-corrected chi connectivity index (χ1v) is 11.0. The predicted molar refractivity (Wildman–Crippen MR) is 127 cm³/mol. The van der Waals surface area contributed by atoms with Gasteiger partial charge >= 0.3 is 11.9 Å². The van der Waals surface area contributed by atoms with Gasteiger partial charge in [-0.25, -0.2) is 4.79 Å². The number of hydrogen-bond acceptors (Lipinski definition) is 8. The Balaban J connectivity index is 2.13. The van der Waals surface area contributed by atoms with Gasteiger partial charge in [-0.2, -0.15) is 0 Å². The highest BCUT2D eigenvalue weighted by Gasteiger charge is 2.32. The number of carbonyl (C=O) groups excluding carboxylic acids is 4. The topological polar surface area (TPSA) is 267 Å². The molecule has 4 amide bonds. The SMILES string of the molecule is NC(=O)CC(NC(=O)C(CC(=O)O)NC(=O)C(N)Cc1c[nH]c2ccccc12)C(=O)NC(CO)C(=O)O. The van der Waals surface area contributed by atoms with Crippen molar-refractivity contribution in [3.63, 3.8) is 0 Å². The molecule has 2 aromatic rings. The summed E-state index contributed by atoms with van der Waals surface area (Å²) in [7, 11) is 0. The van der Waals surface area contributed by atoms with Crippen molar-refractivity contribution in [1.29, 1.82) is 0 Å². The summed E-state index contributed by atoms with van der Waals surface area (Å²) in [5.74, 6) is -7.28. The normalized spacial score (nSPS) is 14.1. The monoisotopic (exact) mass is 520 g/mol. The van der Waals surface area contributed by atoms with E-state index in [0.29, 0.717) is 5.56 Å². The molecule has 4 atom stereocenters. The van der Waals surface area contributed by atoms with Crippen LogP contribution in [0.3, 0.4) is 0 Å². The molecule has 1 heterocycles. The lowest BCUT2D eigenvalue weighted by Crippen LogP contribution is -2.58. The van der Waals surface area contributed by atoms with Gasteiger partial charge in [0, 0.05) is 17.1 Å². The van der Waals surface area contributed by atoms with Crippen molar-refractivity contribution in [2.45, 2.75) is 43.4 Å². The molecule has 0 aliphatic heterocycles. The third-order valence-corrected chi connectivity index (χ3v) is 5.30. The zero-order chi connectivity index (χ0) is 27.7. The smallest absolute Gasteiger partial charge is 0.328 e. The molecule has 0 bridgehead atoms. The Labute approximate surface area is 209 Å². The van der Waals surface area contributed by atoms with Crippen LogP contribution in [0.4, 0.5) is 0 Å². The van der Waals surface area contributed by atoms with Gasteiger partial charge in [0.15, 0.2) is 0 Å². The highest BCUT2D eigenvalue weighted by Crippen LogP contribution is 2.18. The fourth-order valence-corrected chi connectivity index (χ4v) is 3.43. The Morgan fingerprint density at radius 3 is 2.00 bits per heavy atom. The molecule has 37 heavy (non-hydrogen) atoms. The molecule has 2 rings (SSSR count). The van der Waals surface area contributed by atoms with E-state index in [0.717, 1.165) is 10.9 Å². The number of H-pyrrole nitrogens is 1. The Kier molecular flexibility index (Phi) is 10.1. The molecule has 0 saturated carbocycles. The third-order valence-electron chi connectivity index (χ3n) is 5.30. The average molecular weight is 520 g/mol.